The number of hydrogen-bond acceptors (Lipinski definition) is 10. The molecule has 4 heterocycles. The van der Waals surface area contributed by atoms with E-state index in [0.717, 1.165) is 22.3 Å². The number of ketones is 3. The Balaban J connectivity index is 0.000000335. The Bertz CT molecular complexity index is 1940. The van der Waals surface area contributed by atoms with Crippen molar-refractivity contribution in [1.82, 2.24) is 24.7 Å². The normalized spacial score (nSPS) is 9.91. The topological polar surface area (TPSA) is 185 Å². The third-order valence-electron chi connectivity index (χ3n) is 6.34. The average Bonchev–Trinajstić information content (AvgIpc) is 3.73. The maximum absolute atomic E-state index is 10.1. The Morgan fingerprint density at radius 1 is 0.600 bits per heavy atom. The summed E-state index contributed by atoms with van der Waals surface area (Å²) in [6.45, 7) is 9.07. The molecule has 2 aromatic carbocycles. The van der Waals surface area contributed by atoms with E-state index in [-0.39, 0.29) is 28.8 Å². The van der Waals surface area contributed by atoms with Crippen LogP contribution in [0.15, 0.2) is 164 Å². The smallest absolute Gasteiger partial charge is 0.354 e. The second kappa shape index (κ2) is 26.1. The minimum absolute atomic E-state index is 0.0625. The summed E-state index contributed by atoms with van der Waals surface area (Å²) in [5.74, 6) is -1.81. The fourth-order valence-corrected chi connectivity index (χ4v) is 4.55. The first kappa shape index (κ1) is 46.3. The minimum Gasteiger partial charge on any atom is -0.512 e. The molecule has 0 bridgehead atoms. The lowest BCUT2D eigenvalue weighted by molar-refractivity contribution is -0.134. The summed E-state index contributed by atoms with van der Waals surface area (Å²) in [5.41, 5.74) is 3.37. The molecule has 12 nitrogen and oxygen atoms in total. The lowest BCUT2D eigenvalue weighted by atomic mass is 10.1. The van der Waals surface area contributed by atoms with E-state index in [4.69, 9.17) is 10.2 Å². The fraction of sp³-hybridized carbons (Fsp3) is 0.143. The van der Waals surface area contributed by atoms with Gasteiger partial charge in [0.05, 0.1) is 22.5 Å². The molecule has 0 saturated carbocycles. The van der Waals surface area contributed by atoms with Crippen LogP contribution in [0.1, 0.15) is 38.2 Å². The zero-order valence-electron chi connectivity index (χ0n) is 31.7. The largest absolute Gasteiger partial charge is 0.512 e. The number of aliphatic hydroxyl groups is 1. The molecule has 6 rings (SSSR count). The van der Waals surface area contributed by atoms with Crippen LogP contribution in [0, 0.1) is 0 Å². The van der Waals surface area contributed by atoms with Gasteiger partial charge in [0.15, 0.2) is 17.3 Å². The van der Waals surface area contributed by atoms with Gasteiger partial charge in [-0.15, -0.1) is 0 Å². The molecule has 286 valence electrons. The predicted molar refractivity (Wildman–Crippen MR) is 216 cm³/mol. The summed E-state index contributed by atoms with van der Waals surface area (Å²) in [4.78, 5) is 61.2. The first-order valence-corrected chi connectivity index (χ1v) is 19.8. The SMILES string of the molecule is CC(=O)/C=C(/C)O.CC(=O)C(C)=O.C[Si](C)(O)c1ccccn1.O=C(O)c1ccccn1.c1ccc(-c2ccccn2)cc1.c1ccc(-n2cccn2)cc1. The van der Waals surface area contributed by atoms with E-state index in [2.05, 4.69) is 32.2 Å². The van der Waals surface area contributed by atoms with Crippen LogP contribution < -0.4 is 5.32 Å². The first-order chi connectivity index (χ1) is 26.1. The van der Waals surface area contributed by atoms with Crippen LogP contribution in [-0.4, -0.2) is 71.4 Å². The molecule has 6 aromatic rings. The van der Waals surface area contributed by atoms with Gasteiger partial charge in [0.25, 0.3) is 0 Å². The maximum atomic E-state index is 10.1. The van der Waals surface area contributed by atoms with Crippen molar-refractivity contribution in [3.8, 4) is 16.9 Å². The number of nitrogens with zero attached hydrogens (tertiary/aromatic N) is 5. The van der Waals surface area contributed by atoms with Crippen molar-refractivity contribution in [2.75, 3.05) is 0 Å². The van der Waals surface area contributed by atoms with Crippen LogP contribution in [0.2, 0.25) is 13.1 Å². The van der Waals surface area contributed by atoms with Crippen LogP contribution in [0.3, 0.4) is 0 Å². The fourth-order valence-electron chi connectivity index (χ4n) is 3.65. The number of carboxylic acid groups (broad SMARTS) is 1. The van der Waals surface area contributed by atoms with Crippen molar-refractivity contribution < 1.29 is 34.2 Å². The third kappa shape index (κ3) is 22.1. The van der Waals surface area contributed by atoms with Gasteiger partial charge in [0.2, 0.25) is 8.32 Å². The Hall–Kier alpha value is -6.70. The zero-order valence-corrected chi connectivity index (χ0v) is 32.7. The average molecular weight is 762 g/mol. The lowest BCUT2D eigenvalue weighted by Gasteiger charge is -2.11. The highest BCUT2D eigenvalue weighted by Crippen LogP contribution is 2.14. The van der Waals surface area contributed by atoms with E-state index in [1.54, 1.807) is 24.5 Å². The number of benzene rings is 2. The highest BCUT2D eigenvalue weighted by molar-refractivity contribution is 6.82. The number of Topliss-reactive ketones (excluding diaryl/α,β-unsaturated/α-hetero) is 2. The number of pyridine rings is 3. The molecule has 0 fully saturated rings. The van der Waals surface area contributed by atoms with Crippen LogP contribution in [-0.2, 0) is 14.4 Å². The summed E-state index contributed by atoms with van der Waals surface area (Å²) in [5, 5.41) is 21.6. The summed E-state index contributed by atoms with van der Waals surface area (Å²) >= 11 is 0. The van der Waals surface area contributed by atoms with Crippen molar-refractivity contribution in [2.24, 2.45) is 0 Å². The van der Waals surface area contributed by atoms with Crippen LogP contribution >= 0.6 is 0 Å². The van der Waals surface area contributed by atoms with Gasteiger partial charge >= 0.3 is 5.97 Å². The monoisotopic (exact) mass is 761 g/mol. The molecule has 0 aliphatic carbocycles. The van der Waals surface area contributed by atoms with Gasteiger partial charge in [0.1, 0.15) is 5.69 Å². The van der Waals surface area contributed by atoms with Gasteiger partial charge in [-0.25, -0.2) is 14.5 Å². The minimum atomic E-state index is -2.14. The van der Waals surface area contributed by atoms with E-state index in [1.165, 1.54) is 46.0 Å². The van der Waals surface area contributed by atoms with E-state index >= 15 is 0 Å². The molecule has 0 unspecified atom stereocenters. The molecule has 0 amide bonds. The van der Waals surface area contributed by atoms with Gasteiger partial charge in [-0.05, 0) is 81.5 Å². The number of rotatable bonds is 6. The Morgan fingerprint density at radius 3 is 1.44 bits per heavy atom. The summed E-state index contributed by atoms with van der Waals surface area (Å²) in [6, 6.07) is 38.4. The highest BCUT2D eigenvalue weighted by atomic mass is 28.4. The van der Waals surface area contributed by atoms with Gasteiger partial charge in [-0.3, -0.25) is 24.4 Å². The van der Waals surface area contributed by atoms with Crippen molar-refractivity contribution >= 4 is 37.0 Å². The Kier molecular flexibility index (Phi) is 22.0. The number of carbonyl (C=O) groups excluding carboxylic acids is 3. The molecule has 0 spiro atoms. The van der Waals surface area contributed by atoms with E-state index in [1.807, 2.05) is 121 Å². The van der Waals surface area contributed by atoms with Gasteiger partial charge < -0.3 is 15.0 Å². The zero-order chi connectivity index (χ0) is 41.1. The molecule has 0 saturated heterocycles. The van der Waals surface area contributed by atoms with Crippen LogP contribution in [0.25, 0.3) is 16.9 Å². The molecule has 4 aromatic heterocycles. The molecular formula is C42H47N5O7Si. The summed E-state index contributed by atoms with van der Waals surface area (Å²) in [6.07, 6.45) is 9.83. The molecule has 0 aliphatic heterocycles. The summed E-state index contributed by atoms with van der Waals surface area (Å²) < 4.78 is 1.83. The maximum Gasteiger partial charge on any atom is 0.354 e. The Labute approximate surface area is 322 Å². The second-order valence-electron chi connectivity index (χ2n) is 11.7. The molecular weight excluding hydrogens is 715 g/mol. The molecule has 3 N–H and O–H groups in total. The number of hydrogen-bond donors (Lipinski definition) is 3. The van der Waals surface area contributed by atoms with Gasteiger partial charge in [-0.1, -0.05) is 66.7 Å². The standard InChI is InChI=1S/C11H9N.C9H8N2.C7H11NOSi.C6H5NO2.C5H8O2.C4H6O2/c1-2-6-10(7-3-1)11-8-4-5-9-12-11;1-2-5-9(6-3-1)11-8-4-7-10-11;1-10(2,9)7-5-3-4-6-8-7;8-6(9)5-3-1-2-4-7-5;1-4(6)3-5(2)7;1-3(5)4(2)6/h1-9H;1-8H;3-6,9H,1-2H3;1-4H,(H,8,9);3,6H,1-2H3;1-2H3/b;;;;4-3-;. The van der Waals surface area contributed by atoms with Crippen LogP contribution in [0.5, 0.6) is 0 Å². The van der Waals surface area contributed by atoms with Crippen molar-refractivity contribution in [1.29, 1.82) is 0 Å². The van der Waals surface area contributed by atoms with E-state index < -0.39 is 14.3 Å². The third-order valence-corrected chi connectivity index (χ3v) is 7.89. The number of aromatic carboxylic acids is 1. The molecule has 0 radical (unpaired) electrons. The first-order valence-electron chi connectivity index (χ1n) is 16.8. The van der Waals surface area contributed by atoms with Crippen LogP contribution in [0.4, 0.5) is 0 Å². The molecule has 0 atom stereocenters. The van der Waals surface area contributed by atoms with Crippen molar-refractivity contribution in [2.45, 2.75) is 40.8 Å². The number of allylic oxidation sites excluding steroid dienone is 2. The Morgan fingerprint density at radius 2 is 1.11 bits per heavy atom. The molecule has 0 aliphatic rings. The van der Waals surface area contributed by atoms with Crippen molar-refractivity contribution in [3.63, 3.8) is 0 Å². The van der Waals surface area contributed by atoms with Gasteiger partial charge in [-0.2, -0.15) is 5.10 Å². The number of para-hydroxylation sites is 1. The predicted octanol–water partition coefficient (Wildman–Crippen LogP) is 7.09. The number of carbonyl (C=O) groups is 4. The molecule has 13 heteroatoms. The summed E-state index contributed by atoms with van der Waals surface area (Å²) in [7, 11) is -2.14. The lowest BCUT2D eigenvalue weighted by Crippen LogP contribution is -2.43. The quantitative estimate of drug-likeness (QED) is 0.0681. The number of carboxylic acids is 1. The van der Waals surface area contributed by atoms with Crippen molar-refractivity contribution in [3.05, 3.63) is 170 Å². The molecule has 55 heavy (non-hydrogen) atoms. The number of aliphatic hydroxyl groups excluding tert-OH is 1. The number of aromatic nitrogens is 5. The second-order valence-corrected chi connectivity index (χ2v) is 15.3. The highest BCUT2D eigenvalue weighted by Gasteiger charge is 2.20. The van der Waals surface area contributed by atoms with E-state index in [9.17, 15) is 24.0 Å². The van der Waals surface area contributed by atoms with E-state index in [0.29, 0.717) is 0 Å². The van der Waals surface area contributed by atoms with Gasteiger partial charge in [0, 0.05) is 56.5 Å².